The van der Waals surface area contributed by atoms with E-state index in [2.05, 4.69) is 43.8 Å². The zero-order valence-corrected chi connectivity index (χ0v) is 22.7. The standard InChI is InChI=1S/C25H31IN4O5/c1-6-16(4)28-24(32)25(33)30-27-13-18-11-19(26)23(21(12-18)34-7-2)35-14-22(31)29-20-10-8-9-15(3)17(20)5/h8-13,16H,6-7,14H2,1-5H3,(H,28,32)(H,29,31)(H,30,33)/b27-13-/t16-/m1/s1. The zero-order valence-electron chi connectivity index (χ0n) is 20.5. The molecule has 0 fully saturated rings. The van der Waals surface area contributed by atoms with Crippen LogP contribution in [-0.4, -0.2) is 43.2 Å². The third-order valence-corrected chi connectivity index (χ3v) is 5.94. The number of aryl methyl sites for hydroxylation is 1. The Morgan fingerprint density at radius 3 is 2.54 bits per heavy atom. The first-order valence-corrected chi connectivity index (χ1v) is 12.3. The number of nitrogens with one attached hydrogen (secondary N) is 3. The normalized spacial score (nSPS) is 11.6. The second kappa shape index (κ2) is 13.7. The van der Waals surface area contributed by atoms with Crippen LogP contribution < -0.4 is 25.5 Å². The van der Waals surface area contributed by atoms with Crippen molar-refractivity contribution >= 4 is 52.2 Å². The highest BCUT2D eigenvalue weighted by Gasteiger charge is 2.16. The van der Waals surface area contributed by atoms with Crippen molar-refractivity contribution < 1.29 is 23.9 Å². The highest BCUT2D eigenvalue weighted by molar-refractivity contribution is 14.1. The SMILES string of the molecule is CCOc1cc(/C=N\NC(=O)C(=O)N[C@H](C)CC)cc(I)c1OCC(=O)Nc1cccc(C)c1C. The summed E-state index contributed by atoms with van der Waals surface area (Å²) in [6, 6.07) is 9.04. The first kappa shape index (κ1) is 28.1. The molecule has 0 radical (unpaired) electrons. The third kappa shape index (κ3) is 8.53. The fourth-order valence-electron chi connectivity index (χ4n) is 2.88. The Labute approximate surface area is 219 Å². The van der Waals surface area contributed by atoms with E-state index in [1.807, 2.05) is 52.8 Å². The predicted molar refractivity (Wildman–Crippen MR) is 144 cm³/mol. The summed E-state index contributed by atoms with van der Waals surface area (Å²) in [5.41, 5.74) is 5.65. The van der Waals surface area contributed by atoms with Crippen molar-refractivity contribution in [3.63, 3.8) is 0 Å². The van der Waals surface area contributed by atoms with Gasteiger partial charge in [-0.05, 0) is 91.6 Å². The molecule has 0 saturated heterocycles. The Bertz CT molecular complexity index is 1100. The predicted octanol–water partition coefficient (Wildman–Crippen LogP) is 3.69. The van der Waals surface area contributed by atoms with Crippen molar-refractivity contribution in [1.29, 1.82) is 0 Å². The molecule has 188 valence electrons. The van der Waals surface area contributed by atoms with Gasteiger partial charge in [-0.1, -0.05) is 19.1 Å². The number of amides is 3. The van der Waals surface area contributed by atoms with E-state index in [-0.39, 0.29) is 18.6 Å². The molecule has 0 aliphatic carbocycles. The number of anilines is 1. The van der Waals surface area contributed by atoms with E-state index in [9.17, 15) is 14.4 Å². The molecule has 0 aliphatic heterocycles. The quantitative estimate of drug-likeness (QED) is 0.168. The van der Waals surface area contributed by atoms with Crippen LogP contribution in [0.4, 0.5) is 5.69 Å². The number of hydrogen-bond acceptors (Lipinski definition) is 6. The Hall–Kier alpha value is -3.15. The van der Waals surface area contributed by atoms with E-state index in [4.69, 9.17) is 9.47 Å². The monoisotopic (exact) mass is 594 g/mol. The lowest BCUT2D eigenvalue weighted by atomic mass is 10.1. The number of nitrogens with zero attached hydrogens (tertiary/aromatic N) is 1. The lowest BCUT2D eigenvalue weighted by molar-refractivity contribution is -0.139. The maximum atomic E-state index is 12.5. The van der Waals surface area contributed by atoms with Gasteiger partial charge in [0.25, 0.3) is 5.91 Å². The molecular formula is C25H31IN4O5. The highest BCUT2D eigenvalue weighted by Crippen LogP contribution is 2.34. The molecule has 0 unspecified atom stereocenters. The lowest BCUT2D eigenvalue weighted by Crippen LogP contribution is -2.41. The number of carbonyl (C=O) groups is 3. The van der Waals surface area contributed by atoms with Crippen LogP contribution in [0.25, 0.3) is 0 Å². The summed E-state index contributed by atoms with van der Waals surface area (Å²) in [4.78, 5) is 36.1. The van der Waals surface area contributed by atoms with Crippen LogP contribution in [0.2, 0.25) is 0 Å². The minimum absolute atomic E-state index is 0.108. The van der Waals surface area contributed by atoms with Gasteiger partial charge in [0.05, 0.1) is 16.4 Å². The number of ether oxygens (including phenoxy) is 2. The first-order chi connectivity index (χ1) is 16.7. The van der Waals surface area contributed by atoms with Gasteiger partial charge in [0.15, 0.2) is 18.1 Å². The van der Waals surface area contributed by atoms with Gasteiger partial charge in [-0.3, -0.25) is 14.4 Å². The summed E-state index contributed by atoms with van der Waals surface area (Å²) in [5, 5.41) is 9.29. The highest BCUT2D eigenvalue weighted by atomic mass is 127. The first-order valence-electron chi connectivity index (χ1n) is 11.2. The fraction of sp³-hybridized carbons (Fsp3) is 0.360. The minimum atomic E-state index is -0.851. The molecule has 3 amide bonds. The summed E-state index contributed by atoms with van der Waals surface area (Å²) < 4.78 is 12.2. The molecule has 9 nitrogen and oxygen atoms in total. The summed E-state index contributed by atoms with van der Waals surface area (Å²) >= 11 is 2.07. The second-order valence-corrected chi connectivity index (χ2v) is 8.99. The number of rotatable bonds is 10. The van der Waals surface area contributed by atoms with Crippen molar-refractivity contribution in [3.8, 4) is 11.5 Å². The van der Waals surface area contributed by atoms with Crippen LogP contribution in [0, 0.1) is 17.4 Å². The van der Waals surface area contributed by atoms with Crippen molar-refractivity contribution in [2.24, 2.45) is 5.10 Å². The molecule has 2 aromatic carbocycles. The fourth-order valence-corrected chi connectivity index (χ4v) is 3.66. The molecule has 35 heavy (non-hydrogen) atoms. The number of carbonyl (C=O) groups excluding carboxylic acids is 3. The van der Waals surface area contributed by atoms with Gasteiger partial charge in [-0.2, -0.15) is 5.10 Å². The van der Waals surface area contributed by atoms with Crippen molar-refractivity contribution in [2.75, 3.05) is 18.5 Å². The lowest BCUT2D eigenvalue weighted by Gasteiger charge is -2.15. The minimum Gasteiger partial charge on any atom is -0.490 e. The summed E-state index contributed by atoms with van der Waals surface area (Å²) in [6.45, 7) is 9.66. The molecule has 10 heteroatoms. The zero-order chi connectivity index (χ0) is 26.0. The molecule has 3 N–H and O–H groups in total. The van der Waals surface area contributed by atoms with E-state index >= 15 is 0 Å². The largest absolute Gasteiger partial charge is 0.490 e. The van der Waals surface area contributed by atoms with Gasteiger partial charge in [0.2, 0.25) is 0 Å². The number of hydrogen-bond donors (Lipinski definition) is 3. The van der Waals surface area contributed by atoms with E-state index < -0.39 is 11.8 Å². The molecule has 0 aromatic heterocycles. The van der Waals surface area contributed by atoms with Gasteiger partial charge in [-0.15, -0.1) is 0 Å². The topological polar surface area (TPSA) is 118 Å². The molecular weight excluding hydrogens is 563 g/mol. The van der Waals surface area contributed by atoms with Gasteiger partial charge in [0.1, 0.15) is 0 Å². The van der Waals surface area contributed by atoms with Crippen molar-refractivity contribution in [3.05, 3.63) is 50.6 Å². The van der Waals surface area contributed by atoms with E-state index in [0.29, 0.717) is 33.7 Å². The van der Waals surface area contributed by atoms with E-state index in [0.717, 1.165) is 16.8 Å². The van der Waals surface area contributed by atoms with E-state index in [1.54, 1.807) is 12.1 Å². The summed E-state index contributed by atoms with van der Waals surface area (Å²) in [6.07, 6.45) is 2.11. The summed E-state index contributed by atoms with van der Waals surface area (Å²) in [7, 11) is 0. The average molecular weight is 594 g/mol. The van der Waals surface area contributed by atoms with Gasteiger partial charge in [-0.25, -0.2) is 5.43 Å². The number of benzene rings is 2. The van der Waals surface area contributed by atoms with E-state index in [1.165, 1.54) is 6.21 Å². The van der Waals surface area contributed by atoms with Gasteiger partial charge >= 0.3 is 11.8 Å². The van der Waals surface area contributed by atoms with Crippen molar-refractivity contribution in [2.45, 2.75) is 47.1 Å². The van der Waals surface area contributed by atoms with Crippen molar-refractivity contribution in [1.82, 2.24) is 10.7 Å². The number of halogens is 1. The van der Waals surface area contributed by atoms with Crippen LogP contribution >= 0.6 is 22.6 Å². The van der Waals surface area contributed by atoms with Crippen LogP contribution in [0.3, 0.4) is 0 Å². The van der Waals surface area contributed by atoms with Gasteiger partial charge < -0.3 is 20.1 Å². The summed E-state index contributed by atoms with van der Waals surface area (Å²) in [5.74, 6) is -1.03. The van der Waals surface area contributed by atoms with Crippen LogP contribution in [0.1, 0.15) is 43.9 Å². The molecule has 1 atom stereocenters. The average Bonchev–Trinajstić information content (AvgIpc) is 2.81. The maximum Gasteiger partial charge on any atom is 0.329 e. The van der Waals surface area contributed by atoms with Crippen LogP contribution in [0.5, 0.6) is 11.5 Å². The molecule has 2 aromatic rings. The Kier molecular flexibility index (Phi) is 11.0. The maximum absolute atomic E-state index is 12.5. The molecule has 0 spiro atoms. The number of hydrazone groups is 1. The molecule has 0 saturated carbocycles. The van der Waals surface area contributed by atoms with Gasteiger partial charge in [0, 0.05) is 11.7 Å². The molecule has 0 bridgehead atoms. The third-order valence-electron chi connectivity index (χ3n) is 5.13. The Morgan fingerprint density at radius 1 is 1.11 bits per heavy atom. The molecule has 0 heterocycles. The Morgan fingerprint density at radius 2 is 1.86 bits per heavy atom. The smallest absolute Gasteiger partial charge is 0.329 e. The van der Waals surface area contributed by atoms with Crippen LogP contribution in [-0.2, 0) is 14.4 Å². The van der Waals surface area contributed by atoms with Crippen LogP contribution in [0.15, 0.2) is 35.4 Å². The Balaban J connectivity index is 2.06. The molecule has 2 rings (SSSR count). The second-order valence-electron chi connectivity index (χ2n) is 7.83. The molecule has 0 aliphatic rings.